The van der Waals surface area contributed by atoms with Crippen molar-refractivity contribution in [2.24, 2.45) is 0 Å². The Labute approximate surface area is 286 Å². The minimum absolute atomic E-state index is 1.17. The molecule has 0 saturated carbocycles. The van der Waals surface area contributed by atoms with Gasteiger partial charge in [-0.25, -0.2) is 0 Å². The number of benzene rings is 8. The molecule has 2 nitrogen and oxygen atoms in total. The van der Waals surface area contributed by atoms with Gasteiger partial charge in [0.1, 0.15) is 0 Å². The lowest BCUT2D eigenvalue weighted by atomic mass is 9.91. The monoisotopic (exact) mass is 640 g/mol. The fraction of sp³-hybridized carbons (Fsp3) is 0. The zero-order valence-electron chi connectivity index (χ0n) is 26.5. The third kappa shape index (κ3) is 3.88. The predicted molar refractivity (Wildman–Crippen MR) is 211 cm³/mol. The van der Waals surface area contributed by atoms with Crippen LogP contribution in [0.2, 0.25) is 0 Å². The van der Waals surface area contributed by atoms with E-state index in [4.69, 9.17) is 0 Å². The Balaban J connectivity index is 1.28. The summed E-state index contributed by atoms with van der Waals surface area (Å²) in [6.07, 6.45) is 0. The lowest BCUT2D eigenvalue weighted by Gasteiger charge is -2.14. The second kappa shape index (κ2) is 10.2. The summed E-state index contributed by atoms with van der Waals surface area (Å²) >= 11 is 1.81. The van der Waals surface area contributed by atoms with Gasteiger partial charge >= 0.3 is 0 Å². The van der Waals surface area contributed by atoms with Crippen LogP contribution in [0, 0.1) is 0 Å². The molecular formula is C46H28N2S. The summed E-state index contributed by atoms with van der Waals surface area (Å²) in [5.74, 6) is 0. The molecule has 0 spiro atoms. The highest BCUT2D eigenvalue weighted by Gasteiger charge is 2.19. The number of para-hydroxylation sites is 4. The van der Waals surface area contributed by atoms with Crippen molar-refractivity contribution in [2.45, 2.75) is 0 Å². The fourth-order valence-corrected chi connectivity index (χ4v) is 8.98. The van der Waals surface area contributed by atoms with Crippen LogP contribution < -0.4 is 0 Å². The van der Waals surface area contributed by atoms with E-state index in [1.165, 1.54) is 97.7 Å². The van der Waals surface area contributed by atoms with Crippen molar-refractivity contribution in [2.75, 3.05) is 0 Å². The maximum atomic E-state index is 2.45. The number of nitrogens with zero attached hydrogens (tertiary/aromatic N) is 2. The first-order valence-electron chi connectivity index (χ1n) is 16.8. The van der Waals surface area contributed by atoms with Crippen molar-refractivity contribution < 1.29 is 0 Å². The van der Waals surface area contributed by atoms with Gasteiger partial charge in [0.25, 0.3) is 0 Å². The molecular weight excluding hydrogens is 613 g/mol. The minimum atomic E-state index is 1.17. The van der Waals surface area contributed by atoms with Gasteiger partial charge < -0.3 is 9.13 Å². The molecule has 11 rings (SSSR count). The highest BCUT2D eigenvalue weighted by molar-refractivity contribution is 7.17. The molecule has 3 heteroatoms. The summed E-state index contributed by atoms with van der Waals surface area (Å²) in [4.78, 5) is 0. The zero-order chi connectivity index (χ0) is 32.1. The van der Waals surface area contributed by atoms with E-state index in [9.17, 15) is 0 Å². The van der Waals surface area contributed by atoms with Gasteiger partial charge in [-0.05, 0) is 128 Å². The molecule has 0 unspecified atom stereocenters. The SMILES string of the molecule is c1ccc(-n2c3ccccc3c3cc(-c4cc5cc6sccc6cc5c5cc6c7ccccc7n(-c7ccccc7)c6cc45)ccc32)cc1. The third-order valence-electron chi connectivity index (χ3n) is 10.3. The van der Waals surface area contributed by atoms with E-state index in [1.807, 2.05) is 11.3 Å². The highest BCUT2D eigenvalue weighted by atomic mass is 32.1. The number of hydrogen-bond donors (Lipinski definition) is 0. The van der Waals surface area contributed by atoms with E-state index in [0.717, 1.165) is 0 Å². The standard InChI is InChI=1S/C46H28N2S/c1-3-11-32(12-4-1)47-42-17-9-7-15-34(42)40-23-29(19-20-44(40)47)36-25-31-26-46-30(21-22-49-46)24-37(31)38-27-41-35-16-8-10-18-43(35)48(45(41)28-39(36)38)33-13-5-2-6-14-33/h1-28H. The Morgan fingerprint density at radius 2 is 0.959 bits per heavy atom. The molecule has 0 aliphatic heterocycles. The quantitative estimate of drug-likeness (QED) is 0.170. The molecule has 0 aliphatic rings. The number of aromatic nitrogens is 2. The molecule has 0 radical (unpaired) electrons. The first-order valence-corrected chi connectivity index (χ1v) is 17.6. The van der Waals surface area contributed by atoms with E-state index < -0.39 is 0 Å². The highest BCUT2D eigenvalue weighted by Crippen LogP contribution is 2.43. The average Bonchev–Trinajstić information content (AvgIpc) is 3.85. The maximum absolute atomic E-state index is 2.45. The second-order valence-corrected chi connectivity index (χ2v) is 13.9. The van der Waals surface area contributed by atoms with Gasteiger partial charge in [-0.2, -0.15) is 0 Å². The third-order valence-corrected chi connectivity index (χ3v) is 11.2. The van der Waals surface area contributed by atoms with Crippen molar-refractivity contribution in [1.29, 1.82) is 0 Å². The van der Waals surface area contributed by atoms with Crippen LogP contribution in [0.1, 0.15) is 0 Å². The Morgan fingerprint density at radius 1 is 0.347 bits per heavy atom. The van der Waals surface area contributed by atoms with Crippen molar-refractivity contribution in [3.05, 3.63) is 169 Å². The van der Waals surface area contributed by atoms with Gasteiger partial charge in [0.05, 0.1) is 22.1 Å². The summed E-state index contributed by atoms with van der Waals surface area (Å²) in [6.45, 7) is 0. The van der Waals surface area contributed by atoms with Crippen LogP contribution in [0.15, 0.2) is 169 Å². The van der Waals surface area contributed by atoms with Gasteiger partial charge in [0.15, 0.2) is 0 Å². The van der Waals surface area contributed by atoms with Crippen LogP contribution in [0.5, 0.6) is 0 Å². The maximum Gasteiger partial charge on any atom is 0.0547 e. The van der Waals surface area contributed by atoms with Crippen LogP contribution >= 0.6 is 11.3 Å². The Bertz CT molecular complexity index is 3090. The summed E-state index contributed by atoms with van der Waals surface area (Å²) in [5, 5.41) is 13.7. The van der Waals surface area contributed by atoms with Crippen molar-refractivity contribution in [3.8, 4) is 22.5 Å². The van der Waals surface area contributed by atoms with Crippen LogP contribution in [-0.4, -0.2) is 9.13 Å². The first-order chi connectivity index (χ1) is 24.3. The van der Waals surface area contributed by atoms with Crippen LogP contribution in [0.3, 0.4) is 0 Å². The second-order valence-electron chi connectivity index (χ2n) is 13.0. The number of thiophene rings is 1. The molecule has 0 saturated heterocycles. The molecule has 3 aromatic heterocycles. The zero-order valence-corrected chi connectivity index (χ0v) is 27.3. The molecule has 0 fully saturated rings. The molecule has 0 N–H and O–H groups in total. The van der Waals surface area contributed by atoms with E-state index in [-0.39, 0.29) is 0 Å². The van der Waals surface area contributed by atoms with Gasteiger partial charge in [-0.3, -0.25) is 0 Å². The molecule has 0 amide bonds. The Morgan fingerprint density at radius 3 is 1.67 bits per heavy atom. The summed E-state index contributed by atoms with van der Waals surface area (Å²) in [7, 11) is 0. The van der Waals surface area contributed by atoms with Crippen LogP contribution in [0.4, 0.5) is 0 Å². The van der Waals surface area contributed by atoms with Crippen molar-refractivity contribution >= 4 is 86.6 Å². The fourth-order valence-electron chi connectivity index (χ4n) is 8.16. The van der Waals surface area contributed by atoms with E-state index >= 15 is 0 Å². The molecule has 3 heterocycles. The average molecular weight is 641 g/mol. The van der Waals surface area contributed by atoms with E-state index in [1.54, 1.807) is 0 Å². The molecule has 11 aromatic rings. The van der Waals surface area contributed by atoms with Gasteiger partial charge in [0.2, 0.25) is 0 Å². The smallest absolute Gasteiger partial charge is 0.0547 e. The van der Waals surface area contributed by atoms with Crippen LogP contribution in [0.25, 0.3) is 97.7 Å². The van der Waals surface area contributed by atoms with Crippen molar-refractivity contribution in [1.82, 2.24) is 9.13 Å². The van der Waals surface area contributed by atoms with E-state index in [0.29, 0.717) is 0 Å². The normalized spacial score (nSPS) is 12.1. The predicted octanol–water partition coefficient (Wildman–Crippen LogP) is 13.1. The van der Waals surface area contributed by atoms with E-state index in [2.05, 4.69) is 178 Å². The lowest BCUT2D eigenvalue weighted by molar-refractivity contribution is 1.18. The number of hydrogen-bond acceptors (Lipinski definition) is 1. The first kappa shape index (κ1) is 26.9. The minimum Gasteiger partial charge on any atom is -0.309 e. The van der Waals surface area contributed by atoms with Crippen molar-refractivity contribution in [3.63, 3.8) is 0 Å². The molecule has 8 aromatic carbocycles. The largest absolute Gasteiger partial charge is 0.309 e. The van der Waals surface area contributed by atoms with Gasteiger partial charge in [0, 0.05) is 37.6 Å². The molecule has 0 aliphatic carbocycles. The molecule has 49 heavy (non-hydrogen) atoms. The molecule has 0 bridgehead atoms. The molecule has 228 valence electrons. The molecule has 0 atom stereocenters. The summed E-state index contributed by atoms with van der Waals surface area (Å²) in [5.41, 5.74) is 9.71. The van der Waals surface area contributed by atoms with Gasteiger partial charge in [-0.1, -0.05) is 78.9 Å². The Hall–Kier alpha value is -6.16. The van der Waals surface area contributed by atoms with Gasteiger partial charge in [-0.15, -0.1) is 11.3 Å². The number of rotatable bonds is 3. The number of fused-ring (bicyclic) bond motifs is 10. The summed E-state index contributed by atoms with van der Waals surface area (Å²) < 4.78 is 6.14. The lowest BCUT2D eigenvalue weighted by Crippen LogP contribution is -1.94. The summed E-state index contributed by atoms with van der Waals surface area (Å²) in [6, 6.07) is 60.5. The Kier molecular flexibility index (Phi) is 5.57. The topological polar surface area (TPSA) is 9.86 Å². The van der Waals surface area contributed by atoms with Crippen LogP contribution in [-0.2, 0) is 0 Å².